The zero-order chi connectivity index (χ0) is 21.3. The molecule has 0 amide bonds. The molecule has 0 bridgehead atoms. The molecule has 1 aromatic carbocycles. The SMILES string of the molecule is Cc1cccc(C)c1Nc1nnc(SCC(=O)c2c(N)n(C)c(=O)n(C)c2=O)s1. The van der Waals surface area contributed by atoms with Crippen LogP contribution in [0.5, 0.6) is 0 Å². The van der Waals surface area contributed by atoms with Crippen LogP contribution in [-0.2, 0) is 14.1 Å². The van der Waals surface area contributed by atoms with E-state index in [1.54, 1.807) is 0 Å². The van der Waals surface area contributed by atoms with Crippen LogP contribution in [0.1, 0.15) is 21.5 Å². The lowest BCUT2D eigenvalue weighted by Crippen LogP contribution is -2.41. The lowest BCUT2D eigenvalue weighted by atomic mass is 10.1. The number of aromatic nitrogens is 4. The maximum Gasteiger partial charge on any atom is 0.332 e. The Morgan fingerprint density at radius 2 is 1.83 bits per heavy atom. The van der Waals surface area contributed by atoms with Gasteiger partial charge in [-0.15, -0.1) is 10.2 Å². The molecule has 0 aliphatic heterocycles. The second-order valence-corrected chi connectivity index (χ2v) is 8.64. The number of para-hydroxylation sites is 1. The highest BCUT2D eigenvalue weighted by Crippen LogP contribution is 2.30. The van der Waals surface area contributed by atoms with E-state index in [1.165, 1.54) is 25.4 Å². The quantitative estimate of drug-likeness (QED) is 0.447. The molecule has 3 aromatic rings. The van der Waals surface area contributed by atoms with E-state index in [9.17, 15) is 14.4 Å². The highest BCUT2D eigenvalue weighted by atomic mass is 32.2. The van der Waals surface area contributed by atoms with E-state index in [4.69, 9.17) is 5.73 Å². The monoisotopic (exact) mass is 432 g/mol. The Labute approximate surface area is 174 Å². The third-order valence-electron chi connectivity index (χ3n) is 4.43. The van der Waals surface area contributed by atoms with Crippen molar-refractivity contribution in [1.82, 2.24) is 19.3 Å². The smallest absolute Gasteiger partial charge is 0.332 e. The summed E-state index contributed by atoms with van der Waals surface area (Å²) in [6, 6.07) is 5.99. The Kier molecular flexibility index (Phi) is 5.89. The first-order valence-electron chi connectivity index (χ1n) is 8.59. The lowest BCUT2D eigenvalue weighted by Gasteiger charge is -2.10. The zero-order valence-corrected chi connectivity index (χ0v) is 18.0. The Balaban J connectivity index is 1.75. The number of benzene rings is 1. The van der Waals surface area contributed by atoms with Crippen LogP contribution in [0.25, 0.3) is 0 Å². The number of Topliss-reactive ketones (excluding diaryl/α,β-unsaturated/α-hetero) is 1. The van der Waals surface area contributed by atoms with Crippen LogP contribution >= 0.6 is 23.1 Å². The second kappa shape index (κ2) is 8.21. The highest BCUT2D eigenvalue weighted by molar-refractivity contribution is 8.01. The summed E-state index contributed by atoms with van der Waals surface area (Å²) < 4.78 is 2.52. The predicted molar refractivity (Wildman–Crippen MR) is 115 cm³/mol. The van der Waals surface area contributed by atoms with Crippen molar-refractivity contribution in [2.45, 2.75) is 18.2 Å². The van der Waals surface area contributed by atoms with Gasteiger partial charge in [-0.3, -0.25) is 18.7 Å². The minimum atomic E-state index is -0.703. The number of rotatable bonds is 6. The first-order chi connectivity index (χ1) is 13.7. The summed E-state index contributed by atoms with van der Waals surface area (Å²) in [4.78, 5) is 36.7. The zero-order valence-electron chi connectivity index (χ0n) is 16.3. The number of nitrogen functional groups attached to an aromatic ring is 1. The summed E-state index contributed by atoms with van der Waals surface area (Å²) in [5, 5.41) is 12.0. The van der Waals surface area contributed by atoms with Crippen molar-refractivity contribution in [2.75, 3.05) is 16.8 Å². The Bertz CT molecular complexity index is 1190. The van der Waals surface area contributed by atoms with Crippen molar-refractivity contribution in [3.05, 3.63) is 55.7 Å². The molecule has 2 aromatic heterocycles. The van der Waals surface area contributed by atoms with Crippen LogP contribution < -0.4 is 22.3 Å². The van der Waals surface area contributed by atoms with E-state index in [-0.39, 0.29) is 17.1 Å². The van der Waals surface area contributed by atoms with Gasteiger partial charge in [-0.05, 0) is 25.0 Å². The van der Waals surface area contributed by atoms with Crippen LogP contribution in [0.4, 0.5) is 16.6 Å². The van der Waals surface area contributed by atoms with Gasteiger partial charge in [0.05, 0.1) is 5.75 Å². The van der Waals surface area contributed by atoms with Crippen molar-refractivity contribution in [2.24, 2.45) is 14.1 Å². The number of hydrogen-bond donors (Lipinski definition) is 2. The predicted octanol–water partition coefficient (Wildman–Crippen LogP) is 1.85. The molecule has 11 heteroatoms. The summed E-state index contributed by atoms with van der Waals surface area (Å²) in [6.45, 7) is 4.01. The third kappa shape index (κ3) is 4.10. The Morgan fingerprint density at radius 1 is 1.17 bits per heavy atom. The highest BCUT2D eigenvalue weighted by Gasteiger charge is 2.21. The number of hydrogen-bond acceptors (Lipinski definition) is 9. The van der Waals surface area contributed by atoms with Crippen LogP contribution in [0.2, 0.25) is 0 Å². The number of nitrogens with zero attached hydrogens (tertiary/aromatic N) is 4. The van der Waals surface area contributed by atoms with Gasteiger partial charge < -0.3 is 11.1 Å². The van der Waals surface area contributed by atoms with Crippen molar-refractivity contribution >= 4 is 45.5 Å². The summed E-state index contributed by atoms with van der Waals surface area (Å²) in [5.74, 6) is -0.656. The number of aryl methyl sites for hydroxylation is 2. The minimum Gasteiger partial charge on any atom is -0.384 e. The summed E-state index contributed by atoms with van der Waals surface area (Å²) in [7, 11) is 2.72. The van der Waals surface area contributed by atoms with Gasteiger partial charge in [0.25, 0.3) is 5.56 Å². The van der Waals surface area contributed by atoms with E-state index >= 15 is 0 Å². The summed E-state index contributed by atoms with van der Waals surface area (Å²) >= 11 is 2.47. The second-order valence-electron chi connectivity index (χ2n) is 6.44. The number of carbonyl (C=O) groups excluding carboxylic acids is 1. The standard InChI is InChI=1S/C18H20N6O3S2/c1-9-6-5-7-10(2)13(9)20-16-21-22-17(29-16)28-8-11(25)12-14(19)23(3)18(27)24(4)15(12)26/h5-7H,8,19H2,1-4H3,(H,20,21). The maximum atomic E-state index is 12.6. The van der Waals surface area contributed by atoms with Crippen molar-refractivity contribution in [3.63, 3.8) is 0 Å². The molecular formula is C18H20N6O3S2. The van der Waals surface area contributed by atoms with Crippen LogP contribution in [0.15, 0.2) is 32.1 Å². The fourth-order valence-corrected chi connectivity index (χ4v) is 4.39. The average molecular weight is 433 g/mol. The normalized spacial score (nSPS) is 10.9. The first kappa shape index (κ1) is 20.8. The molecule has 0 unspecified atom stereocenters. The van der Waals surface area contributed by atoms with Crippen LogP contribution in [0, 0.1) is 13.8 Å². The number of anilines is 3. The van der Waals surface area contributed by atoms with E-state index in [2.05, 4.69) is 15.5 Å². The van der Waals surface area contributed by atoms with Gasteiger partial charge in [-0.1, -0.05) is 41.3 Å². The van der Waals surface area contributed by atoms with Gasteiger partial charge in [0, 0.05) is 19.8 Å². The summed E-state index contributed by atoms with van der Waals surface area (Å²) in [5.41, 5.74) is 7.50. The molecule has 2 heterocycles. The van der Waals surface area contributed by atoms with Gasteiger partial charge in [-0.25, -0.2) is 4.79 Å². The number of ketones is 1. The average Bonchev–Trinajstić information content (AvgIpc) is 3.14. The number of thioether (sulfide) groups is 1. The first-order valence-corrected chi connectivity index (χ1v) is 10.4. The molecule has 3 N–H and O–H groups in total. The fourth-order valence-electron chi connectivity index (χ4n) is 2.76. The van der Waals surface area contributed by atoms with Crippen molar-refractivity contribution < 1.29 is 4.79 Å². The molecule has 29 heavy (non-hydrogen) atoms. The largest absolute Gasteiger partial charge is 0.384 e. The van der Waals surface area contributed by atoms with Crippen LogP contribution in [-0.4, -0.2) is 30.9 Å². The molecule has 0 fully saturated rings. The molecule has 0 saturated heterocycles. The van der Waals surface area contributed by atoms with Gasteiger partial charge in [0.1, 0.15) is 11.4 Å². The summed E-state index contributed by atoms with van der Waals surface area (Å²) in [6.07, 6.45) is 0. The van der Waals surface area contributed by atoms with Gasteiger partial charge in [0.2, 0.25) is 5.13 Å². The fraction of sp³-hybridized carbons (Fsp3) is 0.278. The minimum absolute atomic E-state index is 0.0460. The van der Waals surface area contributed by atoms with Gasteiger partial charge >= 0.3 is 5.69 Å². The van der Waals surface area contributed by atoms with Crippen LogP contribution in [0.3, 0.4) is 0 Å². The molecule has 0 spiro atoms. The molecule has 0 aliphatic carbocycles. The molecule has 0 aliphatic rings. The molecular weight excluding hydrogens is 412 g/mol. The molecule has 0 radical (unpaired) electrons. The molecule has 3 rings (SSSR count). The van der Waals surface area contributed by atoms with Gasteiger partial charge in [0.15, 0.2) is 10.1 Å². The molecule has 152 valence electrons. The third-order valence-corrected chi connectivity index (χ3v) is 6.41. The number of carbonyl (C=O) groups is 1. The van der Waals surface area contributed by atoms with Gasteiger partial charge in [-0.2, -0.15) is 0 Å². The molecule has 0 atom stereocenters. The number of nitrogens with one attached hydrogen (secondary N) is 1. The topological polar surface area (TPSA) is 125 Å². The molecule has 9 nitrogen and oxygen atoms in total. The Morgan fingerprint density at radius 3 is 2.48 bits per heavy atom. The van der Waals surface area contributed by atoms with E-state index < -0.39 is 17.0 Å². The van der Waals surface area contributed by atoms with Crippen molar-refractivity contribution in [1.29, 1.82) is 0 Å². The van der Waals surface area contributed by atoms with E-state index in [0.29, 0.717) is 9.47 Å². The molecule has 0 saturated carbocycles. The van der Waals surface area contributed by atoms with Crippen molar-refractivity contribution in [3.8, 4) is 0 Å². The Hall–Kier alpha value is -2.92. The van der Waals surface area contributed by atoms with E-state index in [0.717, 1.165) is 37.7 Å². The maximum absolute atomic E-state index is 12.6. The van der Waals surface area contributed by atoms with E-state index in [1.807, 2.05) is 32.0 Å². The number of nitrogens with two attached hydrogens (primary N) is 1. The lowest BCUT2D eigenvalue weighted by molar-refractivity contribution is 0.102.